The minimum Gasteiger partial charge on any atom is -0.352 e. The molecule has 6 heteroatoms. The molecule has 0 bridgehead atoms. The summed E-state index contributed by atoms with van der Waals surface area (Å²) in [6.45, 7) is 2.44. The van der Waals surface area contributed by atoms with Gasteiger partial charge >= 0.3 is 0 Å². The molecule has 0 aliphatic carbocycles. The average molecular weight is 364 g/mol. The van der Waals surface area contributed by atoms with E-state index in [2.05, 4.69) is 32.6 Å². The molecule has 20 heavy (non-hydrogen) atoms. The quantitative estimate of drug-likeness (QED) is 0.807. The topological polar surface area (TPSA) is 41.1 Å². The number of carbonyl (C=O) groups is 1. The van der Waals surface area contributed by atoms with Crippen LogP contribution >= 0.6 is 28.3 Å². The molecule has 0 unspecified atom stereocenters. The van der Waals surface area contributed by atoms with Gasteiger partial charge in [0.2, 0.25) is 5.91 Å². The molecule has 110 valence electrons. The molecule has 1 aliphatic rings. The summed E-state index contributed by atoms with van der Waals surface area (Å²) in [5, 5.41) is 6.11. The largest absolute Gasteiger partial charge is 0.352 e. The van der Waals surface area contributed by atoms with E-state index in [1.807, 2.05) is 0 Å². The van der Waals surface area contributed by atoms with Gasteiger partial charge in [0.25, 0.3) is 0 Å². The second-order valence-electron chi connectivity index (χ2n) is 4.52. The first-order valence-corrected chi connectivity index (χ1v) is 7.03. The van der Waals surface area contributed by atoms with Crippen molar-refractivity contribution in [3.8, 4) is 0 Å². The monoisotopic (exact) mass is 362 g/mol. The smallest absolute Gasteiger partial charge is 0.224 e. The van der Waals surface area contributed by atoms with Crippen LogP contribution in [0.1, 0.15) is 12.0 Å². The Morgan fingerprint density at radius 1 is 1.45 bits per heavy atom. The number of carbonyl (C=O) groups excluding carboxylic acids is 1. The lowest BCUT2D eigenvalue weighted by molar-refractivity contribution is -0.120. The molecule has 1 heterocycles. The van der Waals surface area contributed by atoms with E-state index in [1.54, 1.807) is 12.1 Å². The number of hydrogen-bond donors (Lipinski definition) is 2. The van der Waals surface area contributed by atoms with E-state index in [0.29, 0.717) is 11.0 Å². The van der Waals surface area contributed by atoms with Gasteiger partial charge in [0, 0.05) is 13.1 Å². The maximum absolute atomic E-state index is 13.1. The summed E-state index contributed by atoms with van der Waals surface area (Å²) >= 11 is 3.11. The summed E-state index contributed by atoms with van der Waals surface area (Å²) in [5.74, 6) is -0.359. The Bertz CT molecular complexity index is 508. The molecular formula is C14H17BrClFN2O. The van der Waals surface area contributed by atoms with E-state index in [0.717, 1.165) is 25.1 Å². The Kier molecular flexibility index (Phi) is 7.19. The van der Waals surface area contributed by atoms with Gasteiger partial charge in [-0.05, 0) is 46.6 Å². The van der Waals surface area contributed by atoms with Crippen LogP contribution in [0, 0.1) is 5.82 Å². The van der Waals surface area contributed by atoms with Crippen LogP contribution in [-0.2, 0) is 11.2 Å². The van der Waals surface area contributed by atoms with E-state index < -0.39 is 0 Å². The van der Waals surface area contributed by atoms with Gasteiger partial charge < -0.3 is 10.6 Å². The standard InChI is InChI=1S/C14H16BrFN2O.ClH/c15-12-7-11(1-2-13(12)16)8-14(19)18-9-10-3-5-17-6-4-10;/h1-3,7,17H,4-6,8-9H2,(H,18,19);1H. The molecule has 2 N–H and O–H groups in total. The van der Waals surface area contributed by atoms with Crippen molar-refractivity contribution in [1.29, 1.82) is 0 Å². The van der Waals surface area contributed by atoms with Crippen LogP contribution in [0.25, 0.3) is 0 Å². The molecule has 1 aromatic rings. The molecule has 0 spiro atoms. The summed E-state index contributed by atoms with van der Waals surface area (Å²) in [7, 11) is 0. The van der Waals surface area contributed by atoms with Crippen molar-refractivity contribution in [2.24, 2.45) is 0 Å². The second kappa shape index (κ2) is 8.39. The number of benzene rings is 1. The number of amides is 1. The summed E-state index contributed by atoms with van der Waals surface area (Å²) < 4.78 is 13.5. The van der Waals surface area contributed by atoms with Crippen LogP contribution in [-0.4, -0.2) is 25.5 Å². The molecule has 3 nitrogen and oxygen atoms in total. The third-order valence-corrected chi connectivity index (χ3v) is 3.63. The Morgan fingerprint density at radius 2 is 2.25 bits per heavy atom. The van der Waals surface area contributed by atoms with Gasteiger partial charge in [-0.3, -0.25) is 4.79 Å². The molecule has 0 radical (unpaired) electrons. The average Bonchev–Trinajstić information content (AvgIpc) is 2.42. The fourth-order valence-electron chi connectivity index (χ4n) is 1.94. The van der Waals surface area contributed by atoms with Crippen LogP contribution in [0.3, 0.4) is 0 Å². The maximum atomic E-state index is 13.1. The Morgan fingerprint density at radius 3 is 2.90 bits per heavy atom. The van der Waals surface area contributed by atoms with E-state index >= 15 is 0 Å². The highest BCUT2D eigenvalue weighted by molar-refractivity contribution is 9.10. The summed E-state index contributed by atoms with van der Waals surface area (Å²) in [4.78, 5) is 11.8. The Balaban J connectivity index is 0.00000200. The SMILES string of the molecule is Cl.O=C(Cc1ccc(F)c(Br)c1)NCC1=CCNCC1. The lowest BCUT2D eigenvalue weighted by Crippen LogP contribution is -2.30. The zero-order valence-electron chi connectivity index (χ0n) is 10.9. The number of halogens is 3. The van der Waals surface area contributed by atoms with E-state index in [-0.39, 0.29) is 30.6 Å². The highest BCUT2D eigenvalue weighted by atomic mass is 79.9. The van der Waals surface area contributed by atoms with Crippen LogP contribution < -0.4 is 10.6 Å². The summed E-state index contributed by atoms with van der Waals surface area (Å²) in [6, 6.07) is 4.63. The maximum Gasteiger partial charge on any atom is 0.224 e. The van der Waals surface area contributed by atoms with Gasteiger partial charge in [-0.2, -0.15) is 0 Å². The first-order valence-electron chi connectivity index (χ1n) is 6.24. The molecule has 0 saturated carbocycles. The first-order chi connectivity index (χ1) is 9.15. The van der Waals surface area contributed by atoms with Crippen LogP contribution in [0.2, 0.25) is 0 Å². The summed E-state index contributed by atoms with van der Waals surface area (Å²) in [6.07, 6.45) is 3.35. The van der Waals surface area contributed by atoms with Crippen LogP contribution in [0.5, 0.6) is 0 Å². The van der Waals surface area contributed by atoms with Crippen molar-refractivity contribution < 1.29 is 9.18 Å². The Hall–Kier alpha value is -0.910. The molecule has 0 fully saturated rings. The van der Waals surface area contributed by atoms with Gasteiger partial charge in [-0.15, -0.1) is 12.4 Å². The molecule has 1 amide bonds. The number of rotatable bonds is 4. The number of hydrogen-bond acceptors (Lipinski definition) is 2. The zero-order valence-corrected chi connectivity index (χ0v) is 13.3. The lowest BCUT2D eigenvalue weighted by Gasteiger charge is -2.14. The molecular weight excluding hydrogens is 347 g/mol. The van der Waals surface area contributed by atoms with Crippen molar-refractivity contribution in [3.05, 3.63) is 45.7 Å². The normalized spacial score (nSPS) is 14.2. The van der Waals surface area contributed by atoms with Gasteiger partial charge in [0.15, 0.2) is 0 Å². The number of nitrogens with one attached hydrogen (secondary N) is 2. The third-order valence-electron chi connectivity index (χ3n) is 3.02. The second-order valence-corrected chi connectivity index (χ2v) is 5.37. The van der Waals surface area contributed by atoms with Crippen LogP contribution in [0.15, 0.2) is 34.3 Å². The fourth-order valence-corrected chi connectivity index (χ4v) is 2.37. The lowest BCUT2D eigenvalue weighted by atomic mass is 10.1. The van der Waals surface area contributed by atoms with Crippen molar-refractivity contribution in [3.63, 3.8) is 0 Å². The molecule has 0 saturated heterocycles. The van der Waals surface area contributed by atoms with Gasteiger partial charge in [0.1, 0.15) is 5.82 Å². The molecule has 1 aliphatic heterocycles. The highest BCUT2D eigenvalue weighted by Gasteiger charge is 2.08. The molecule has 0 atom stereocenters. The Labute approximate surface area is 132 Å². The minimum absolute atomic E-state index is 0. The van der Waals surface area contributed by atoms with Crippen molar-refractivity contribution in [2.45, 2.75) is 12.8 Å². The molecule has 1 aromatic carbocycles. The van der Waals surface area contributed by atoms with Gasteiger partial charge in [-0.1, -0.05) is 17.7 Å². The van der Waals surface area contributed by atoms with Crippen molar-refractivity contribution in [1.82, 2.24) is 10.6 Å². The first kappa shape index (κ1) is 17.1. The van der Waals surface area contributed by atoms with Crippen molar-refractivity contribution in [2.75, 3.05) is 19.6 Å². The highest BCUT2D eigenvalue weighted by Crippen LogP contribution is 2.17. The summed E-state index contributed by atoms with van der Waals surface area (Å²) in [5.41, 5.74) is 2.05. The molecule has 2 rings (SSSR count). The minimum atomic E-state index is -0.316. The third kappa shape index (κ3) is 5.23. The van der Waals surface area contributed by atoms with Gasteiger partial charge in [0.05, 0.1) is 10.9 Å². The van der Waals surface area contributed by atoms with Crippen molar-refractivity contribution >= 4 is 34.2 Å². The van der Waals surface area contributed by atoms with E-state index in [1.165, 1.54) is 11.6 Å². The van der Waals surface area contributed by atoms with Crippen LogP contribution in [0.4, 0.5) is 4.39 Å². The van der Waals surface area contributed by atoms with E-state index in [4.69, 9.17) is 0 Å². The fraction of sp³-hybridized carbons (Fsp3) is 0.357. The molecule has 0 aromatic heterocycles. The zero-order chi connectivity index (χ0) is 13.7. The predicted octanol–water partition coefficient (Wildman–Crippen LogP) is 2.59. The van der Waals surface area contributed by atoms with Gasteiger partial charge in [-0.25, -0.2) is 4.39 Å². The predicted molar refractivity (Wildman–Crippen MR) is 83.6 cm³/mol. The van der Waals surface area contributed by atoms with E-state index in [9.17, 15) is 9.18 Å².